The number of nitrogens with zero attached hydrogens (tertiary/aromatic N) is 2. The summed E-state index contributed by atoms with van der Waals surface area (Å²) in [7, 11) is 0. The van der Waals surface area contributed by atoms with Gasteiger partial charge in [0.2, 0.25) is 5.88 Å². The highest BCUT2D eigenvalue weighted by molar-refractivity contribution is 5.17. The molecule has 0 saturated carbocycles. The van der Waals surface area contributed by atoms with Crippen LogP contribution in [0.1, 0.15) is 70.9 Å². The lowest BCUT2D eigenvalue weighted by atomic mass is 10.1. The van der Waals surface area contributed by atoms with Gasteiger partial charge in [0.1, 0.15) is 5.69 Å². The maximum Gasteiger partial charge on any atom is 0.235 e. The first kappa shape index (κ1) is 15.9. The summed E-state index contributed by atoms with van der Waals surface area (Å²) >= 11 is 0. The summed E-state index contributed by atoms with van der Waals surface area (Å²) in [6.07, 6.45) is 14.4. The smallest absolute Gasteiger partial charge is 0.235 e. The monoisotopic (exact) mass is 264 g/mol. The molecule has 0 amide bonds. The third kappa shape index (κ3) is 7.14. The van der Waals surface area contributed by atoms with Crippen LogP contribution in [0.25, 0.3) is 0 Å². The normalized spacial score (nSPS) is 10.6. The zero-order valence-corrected chi connectivity index (χ0v) is 12.5. The molecule has 0 atom stereocenters. The zero-order valence-electron chi connectivity index (χ0n) is 12.5. The van der Waals surface area contributed by atoms with E-state index in [1.807, 2.05) is 0 Å². The second kappa shape index (κ2) is 10.8. The van der Waals surface area contributed by atoms with Gasteiger partial charge in [0.25, 0.3) is 0 Å². The quantitative estimate of drug-likeness (QED) is 0.550. The topological polar surface area (TPSA) is 35.0 Å². The fourth-order valence-electron chi connectivity index (χ4n) is 2.06. The molecule has 1 aromatic rings. The van der Waals surface area contributed by atoms with E-state index in [2.05, 4.69) is 23.8 Å². The highest BCUT2D eigenvalue weighted by Gasteiger charge is 2.05. The number of hydrogen-bond acceptors (Lipinski definition) is 3. The Morgan fingerprint density at radius 1 is 0.842 bits per heavy atom. The number of ether oxygens (including phenoxy) is 1. The lowest BCUT2D eigenvalue weighted by Gasteiger charge is -2.09. The average Bonchev–Trinajstić information content (AvgIpc) is 2.45. The van der Waals surface area contributed by atoms with E-state index in [0.717, 1.165) is 31.0 Å². The van der Waals surface area contributed by atoms with Gasteiger partial charge >= 0.3 is 0 Å². The molecule has 0 bridgehead atoms. The second-order valence-corrected chi connectivity index (χ2v) is 5.03. The van der Waals surface area contributed by atoms with Gasteiger partial charge in [0, 0.05) is 12.4 Å². The van der Waals surface area contributed by atoms with Crippen LogP contribution in [0.4, 0.5) is 0 Å². The minimum atomic E-state index is 0.746. The molecule has 0 unspecified atom stereocenters. The van der Waals surface area contributed by atoms with Gasteiger partial charge in [0.05, 0.1) is 6.61 Å². The van der Waals surface area contributed by atoms with Crippen molar-refractivity contribution < 1.29 is 4.74 Å². The van der Waals surface area contributed by atoms with Crippen molar-refractivity contribution in [3.63, 3.8) is 0 Å². The Kier molecular flexibility index (Phi) is 9.03. The predicted octanol–water partition coefficient (Wildman–Crippen LogP) is 4.56. The van der Waals surface area contributed by atoms with Gasteiger partial charge in [-0.25, -0.2) is 4.98 Å². The van der Waals surface area contributed by atoms with Crippen molar-refractivity contribution in [1.29, 1.82) is 0 Å². The van der Waals surface area contributed by atoms with Gasteiger partial charge in [-0.05, 0) is 19.3 Å². The molecule has 0 aliphatic carbocycles. The highest BCUT2D eigenvalue weighted by atomic mass is 16.5. The van der Waals surface area contributed by atoms with Crippen molar-refractivity contribution in [3.8, 4) is 5.88 Å². The summed E-state index contributed by atoms with van der Waals surface area (Å²) in [6.45, 7) is 5.21. The Morgan fingerprint density at radius 2 is 1.53 bits per heavy atom. The van der Waals surface area contributed by atoms with Crippen molar-refractivity contribution in [2.75, 3.05) is 6.61 Å². The van der Waals surface area contributed by atoms with Crippen LogP contribution in [0.15, 0.2) is 12.4 Å². The summed E-state index contributed by atoms with van der Waals surface area (Å²) < 4.78 is 5.77. The molecule has 0 aromatic carbocycles. The van der Waals surface area contributed by atoms with Gasteiger partial charge < -0.3 is 4.74 Å². The fourth-order valence-corrected chi connectivity index (χ4v) is 2.06. The molecule has 1 rings (SSSR count). The van der Waals surface area contributed by atoms with Crippen LogP contribution in [0, 0.1) is 0 Å². The lowest BCUT2D eigenvalue weighted by molar-refractivity contribution is 0.288. The maximum atomic E-state index is 5.77. The number of hydrogen-bond donors (Lipinski definition) is 0. The predicted molar refractivity (Wildman–Crippen MR) is 79.5 cm³/mol. The summed E-state index contributed by atoms with van der Waals surface area (Å²) in [6, 6.07) is 0. The molecule has 0 saturated heterocycles. The molecular weight excluding hydrogens is 236 g/mol. The van der Waals surface area contributed by atoms with Crippen LogP contribution in [0.5, 0.6) is 5.88 Å². The number of rotatable bonds is 11. The Balaban J connectivity index is 2.31. The molecule has 19 heavy (non-hydrogen) atoms. The Bertz CT molecular complexity index is 328. The second-order valence-electron chi connectivity index (χ2n) is 5.03. The van der Waals surface area contributed by atoms with E-state index in [-0.39, 0.29) is 0 Å². The molecular formula is C16H28N2O. The van der Waals surface area contributed by atoms with E-state index < -0.39 is 0 Å². The molecule has 1 heterocycles. The first-order chi connectivity index (χ1) is 9.38. The van der Waals surface area contributed by atoms with Gasteiger partial charge in [0.15, 0.2) is 0 Å². The van der Waals surface area contributed by atoms with Crippen LogP contribution in [0.3, 0.4) is 0 Å². The van der Waals surface area contributed by atoms with E-state index in [1.165, 1.54) is 44.9 Å². The Hall–Kier alpha value is -1.12. The number of unbranched alkanes of at least 4 members (excludes halogenated alkanes) is 6. The number of aromatic nitrogens is 2. The highest BCUT2D eigenvalue weighted by Crippen LogP contribution is 2.15. The third-order valence-corrected chi connectivity index (χ3v) is 3.24. The summed E-state index contributed by atoms with van der Waals surface area (Å²) in [5.41, 5.74) is 1.02. The standard InChI is InChI=1S/C16H28N2O/c1-3-5-7-9-11-15-16(18-13-12-17-15)19-14-10-8-6-4-2/h12-13H,3-11,14H2,1-2H3. The summed E-state index contributed by atoms with van der Waals surface area (Å²) in [5, 5.41) is 0. The van der Waals surface area contributed by atoms with Gasteiger partial charge in [-0.1, -0.05) is 52.4 Å². The molecule has 108 valence electrons. The van der Waals surface area contributed by atoms with Crippen molar-refractivity contribution in [2.45, 2.75) is 71.6 Å². The van der Waals surface area contributed by atoms with Crippen molar-refractivity contribution in [1.82, 2.24) is 9.97 Å². The molecule has 0 N–H and O–H groups in total. The van der Waals surface area contributed by atoms with Crippen LogP contribution in [-0.4, -0.2) is 16.6 Å². The van der Waals surface area contributed by atoms with E-state index in [4.69, 9.17) is 4.74 Å². The van der Waals surface area contributed by atoms with Gasteiger partial charge in [-0.2, -0.15) is 0 Å². The summed E-state index contributed by atoms with van der Waals surface area (Å²) in [5.74, 6) is 0.746. The zero-order chi connectivity index (χ0) is 13.8. The van der Waals surface area contributed by atoms with E-state index in [1.54, 1.807) is 12.4 Å². The first-order valence-corrected chi connectivity index (χ1v) is 7.81. The van der Waals surface area contributed by atoms with E-state index >= 15 is 0 Å². The fraction of sp³-hybridized carbons (Fsp3) is 0.750. The minimum absolute atomic E-state index is 0.746. The molecule has 0 aliphatic heterocycles. The van der Waals surface area contributed by atoms with E-state index in [9.17, 15) is 0 Å². The molecule has 0 spiro atoms. The molecule has 3 heteroatoms. The van der Waals surface area contributed by atoms with Crippen molar-refractivity contribution in [2.24, 2.45) is 0 Å². The Morgan fingerprint density at radius 3 is 2.26 bits per heavy atom. The molecule has 3 nitrogen and oxygen atoms in total. The SMILES string of the molecule is CCCCCCOc1nccnc1CCCCCC. The van der Waals surface area contributed by atoms with Crippen LogP contribution >= 0.6 is 0 Å². The first-order valence-electron chi connectivity index (χ1n) is 7.81. The molecule has 0 radical (unpaired) electrons. The minimum Gasteiger partial charge on any atom is -0.476 e. The maximum absolute atomic E-state index is 5.77. The van der Waals surface area contributed by atoms with E-state index in [0.29, 0.717) is 0 Å². The van der Waals surface area contributed by atoms with Crippen molar-refractivity contribution in [3.05, 3.63) is 18.1 Å². The van der Waals surface area contributed by atoms with Crippen LogP contribution in [0.2, 0.25) is 0 Å². The van der Waals surface area contributed by atoms with Crippen molar-refractivity contribution >= 4 is 0 Å². The molecule has 0 aliphatic rings. The van der Waals surface area contributed by atoms with Crippen LogP contribution in [-0.2, 0) is 6.42 Å². The lowest BCUT2D eigenvalue weighted by Crippen LogP contribution is -2.04. The van der Waals surface area contributed by atoms with Gasteiger partial charge in [-0.15, -0.1) is 0 Å². The third-order valence-electron chi connectivity index (χ3n) is 3.24. The summed E-state index contributed by atoms with van der Waals surface area (Å²) in [4.78, 5) is 8.71. The average molecular weight is 264 g/mol. The molecule has 0 fully saturated rings. The number of aryl methyl sites for hydroxylation is 1. The van der Waals surface area contributed by atoms with Crippen LogP contribution < -0.4 is 4.74 Å². The Labute approximate surface area is 117 Å². The largest absolute Gasteiger partial charge is 0.476 e. The van der Waals surface area contributed by atoms with Gasteiger partial charge in [-0.3, -0.25) is 4.98 Å². The molecule has 1 aromatic heterocycles.